The Labute approximate surface area is 194 Å². The van der Waals surface area contributed by atoms with E-state index < -0.39 is 0 Å². The topological polar surface area (TPSA) is 114 Å². The summed E-state index contributed by atoms with van der Waals surface area (Å²) in [5.74, 6) is 3.53. The van der Waals surface area contributed by atoms with Crippen molar-refractivity contribution in [2.75, 3.05) is 31.0 Å². The van der Waals surface area contributed by atoms with Gasteiger partial charge in [-0.3, -0.25) is 0 Å². The number of rotatable bonds is 6. The van der Waals surface area contributed by atoms with Gasteiger partial charge in [0.2, 0.25) is 5.95 Å². The fourth-order valence-corrected chi connectivity index (χ4v) is 5.68. The van der Waals surface area contributed by atoms with Crippen LogP contribution in [0.2, 0.25) is 0 Å². The molecule has 5 rings (SSSR count). The van der Waals surface area contributed by atoms with E-state index in [2.05, 4.69) is 32.2 Å². The number of aromatic amines is 1. The Hall–Kier alpha value is -3.23. The molecule has 2 aliphatic carbocycles. The number of imidazole rings is 1. The predicted molar refractivity (Wildman–Crippen MR) is 127 cm³/mol. The van der Waals surface area contributed by atoms with Gasteiger partial charge in [-0.2, -0.15) is 4.98 Å². The number of fused-ring (bicyclic) bond motifs is 1. The molecule has 2 unspecified atom stereocenters. The Bertz CT molecular complexity index is 1030. The van der Waals surface area contributed by atoms with Gasteiger partial charge in [0.05, 0.1) is 30.9 Å². The first-order valence-corrected chi connectivity index (χ1v) is 11.8. The maximum Gasteiger partial charge on any atom is 0.229 e. The summed E-state index contributed by atoms with van der Waals surface area (Å²) < 4.78 is 11.9. The van der Waals surface area contributed by atoms with Crippen LogP contribution in [0.3, 0.4) is 0 Å². The van der Waals surface area contributed by atoms with E-state index in [9.17, 15) is 0 Å². The maximum absolute atomic E-state index is 6.04. The molecule has 2 fully saturated rings. The number of nitrogens with zero attached hydrogens (tertiary/aromatic N) is 4. The smallest absolute Gasteiger partial charge is 0.229 e. The molecular formula is C24H33N7O2. The van der Waals surface area contributed by atoms with Gasteiger partial charge in [0.15, 0.2) is 11.6 Å². The molecule has 9 heteroatoms. The number of aromatic nitrogens is 4. The molecule has 1 aliphatic heterocycles. The quantitative estimate of drug-likeness (QED) is 0.450. The third-order valence-corrected chi connectivity index (χ3v) is 7.57. The number of methoxy groups -OCH3 is 1. The van der Waals surface area contributed by atoms with Gasteiger partial charge in [-0.25, -0.2) is 9.97 Å². The van der Waals surface area contributed by atoms with Crippen LogP contribution in [0.1, 0.15) is 56.6 Å². The molecule has 2 atom stereocenters. The van der Waals surface area contributed by atoms with Crippen LogP contribution >= 0.6 is 0 Å². The molecule has 0 amide bonds. The molecule has 1 spiro atoms. The highest BCUT2D eigenvalue weighted by Gasteiger charge is 2.43. The summed E-state index contributed by atoms with van der Waals surface area (Å²) >= 11 is 0. The van der Waals surface area contributed by atoms with Gasteiger partial charge in [0.25, 0.3) is 0 Å². The largest absolute Gasteiger partial charge is 0.501 e. The lowest BCUT2D eigenvalue weighted by atomic mass is 9.91. The van der Waals surface area contributed by atoms with E-state index in [1.165, 1.54) is 19.0 Å². The highest BCUT2D eigenvalue weighted by molar-refractivity contribution is 5.58. The number of allylic oxidation sites excluding steroid dienone is 2. The number of ether oxygens (including phenoxy) is 2. The molecular weight excluding hydrogens is 418 g/mol. The van der Waals surface area contributed by atoms with Gasteiger partial charge in [-0.1, -0.05) is 19.3 Å². The molecule has 176 valence electrons. The van der Waals surface area contributed by atoms with Crippen molar-refractivity contribution in [2.24, 2.45) is 11.7 Å². The van der Waals surface area contributed by atoms with Gasteiger partial charge in [0.1, 0.15) is 12.4 Å². The van der Waals surface area contributed by atoms with E-state index in [1.54, 1.807) is 19.6 Å². The number of anilines is 2. The second kappa shape index (κ2) is 8.96. The number of nitrogens with one attached hydrogen (secondary N) is 2. The fourth-order valence-electron chi connectivity index (χ4n) is 5.68. The highest BCUT2D eigenvalue weighted by atomic mass is 16.5. The van der Waals surface area contributed by atoms with E-state index in [0.717, 1.165) is 55.1 Å². The van der Waals surface area contributed by atoms with Crippen LogP contribution in [0, 0.1) is 5.92 Å². The summed E-state index contributed by atoms with van der Waals surface area (Å²) in [5.41, 5.74) is 7.86. The van der Waals surface area contributed by atoms with E-state index in [-0.39, 0.29) is 11.5 Å². The number of hydrogen-bond donors (Lipinski definition) is 3. The summed E-state index contributed by atoms with van der Waals surface area (Å²) in [5, 5.41) is 3.27. The Morgan fingerprint density at radius 3 is 2.88 bits per heavy atom. The zero-order valence-electron chi connectivity index (χ0n) is 19.4. The molecule has 0 aromatic carbocycles. The van der Waals surface area contributed by atoms with E-state index in [1.807, 2.05) is 12.3 Å². The van der Waals surface area contributed by atoms with Crippen LogP contribution in [0.25, 0.3) is 0 Å². The van der Waals surface area contributed by atoms with E-state index in [0.29, 0.717) is 24.2 Å². The molecule has 2 aromatic heterocycles. The summed E-state index contributed by atoms with van der Waals surface area (Å²) in [4.78, 5) is 19.0. The minimum Gasteiger partial charge on any atom is -0.501 e. The van der Waals surface area contributed by atoms with Crippen molar-refractivity contribution < 1.29 is 9.47 Å². The van der Waals surface area contributed by atoms with Crippen LogP contribution in [0.15, 0.2) is 42.5 Å². The highest BCUT2D eigenvalue weighted by Crippen LogP contribution is 2.44. The van der Waals surface area contributed by atoms with Crippen molar-refractivity contribution in [2.45, 2.75) is 56.4 Å². The summed E-state index contributed by atoms with van der Waals surface area (Å²) in [7, 11) is 3.83. The Morgan fingerprint density at radius 2 is 2.15 bits per heavy atom. The first-order valence-electron chi connectivity index (χ1n) is 11.8. The van der Waals surface area contributed by atoms with Crippen molar-refractivity contribution in [1.29, 1.82) is 0 Å². The zero-order chi connectivity index (χ0) is 22.8. The van der Waals surface area contributed by atoms with Crippen molar-refractivity contribution in [1.82, 2.24) is 19.9 Å². The molecule has 0 bridgehead atoms. The Kier molecular flexibility index (Phi) is 5.86. The SMILES string of the molecule is CO/C(=C/C(=C\N)Nc1ncc2c(n1)N(C)C1(CCCC1)CO2)C1CCCC1c1cnc[nH]1. The Morgan fingerprint density at radius 1 is 1.30 bits per heavy atom. The predicted octanol–water partition coefficient (Wildman–Crippen LogP) is 3.67. The Balaban J connectivity index is 1.36. The minimum absolute atomic E-state index is 0.0401. The minimum atomic E-state index is 0.0401. The molecule has 2 saturated carbocycles. The summed E-state index contributed by atoms with van der Waals surface area (Å²) in [6.45, 7) is 0.694. The summed E-state index contributed by atoms with van der Waals surface area (Å²) in [6, 6.07) is 0. The van der Waals surface area contributed by atoms with Gasteiger partial charge in [-0.15, -0.1) is 0 Å². The summed E-state index contributed by atoms with van der Waals surface area (Å²) in [6.07, 6.45) is 16.9. The third-order valence-electron chi connectivity index (χ3n) is 7.57. The first kappa shape index (κ1) is 21.6. The lowest BCUT2D eigenvalue weighted by Crippen LogP contribution is -2.52. The standard InChI is InChI=1S/C24H33N7O2/c1-31-22-21(33-14-24(31)8-3-4-9-24)13-27-23(30-22)29-16(11-25)10-20(32-2)18-7-5-6-17(18)19-12-26-15-28-19/h10-13,15,17-18H,3-9,14,25H2,1-2H3,(H,26,28)(H,27,29,30)/b16-11+,20-10+. The fraction of sp³-hybridized carbons (Fsp3) is 0.542. The molecule has 0 saturated heterocycles. The maximum atomic E-state index is 6.04. The average molecular weight is 452 g/mol. The molecule has 0 radical (unpaired) electrons. The van der Waals surface area contributed by atoms with Crippen molar-refractivity contribution in [3.63, 3.8) is 0 Å². The van der Waals surface area contributed by atoms with Crippen LogP contribution < -0.4 is 20.7 Å². The van der Waals surface area contributed by atoms with Crippen LogP contribution in [0.5, 0.6) is 5.75 Å². The van der Waals surface area contributed by atoms with Crippen LogP contribution in [-0.4, -0.2) is 46.2 Å². The van der Waals surface area contributed by atoms with Gasteiger partial charge >= 0.3 is 0 Å². The second-order valence-corrected chi connectivity index (χ2v) is 9.31. The number of nitrogens with two attached hydrogens (primary N) is 1. The number of likely N-dealkylation sites (N-methyl/N-ethyl adjacent to an activating group) is 1. The first-order chi connectivity index (χ1) is 16.1. The molecule has 33 heavy (non-hydrogen) atoms. The lowest BCUT2D eigenvalue weighted by molar-refractivity contribution is 0.192. The molecule has 2 aromatic rings. The van der Waals surface area contributed by atoms with Crippen LogP contribution in [-0.2, 0) is 4.74 Å². The number of H-pyrrole nitrogens is 1. The second-order valence-electron chi connectivity index (χ2n) is 9.31. The zero-order valence-corrected chi connectivity index (χ0v) is 19.4. The van der Waals surface area contributed by atoms with Gasteiger partial charge in [-0.05, 0) is 25.7 Å². The number of hydrogen-bond acceptors (Lipinski definition) is 8. The average Bonchev–Trinajstić information content (AvgIpc) is 3.61. The lowest BCUT2D eigenvalue weighted by Gasteiger charge is -2.43. The van der Waals surface area contributed by atoms with Crippen molar-refractivity contribution in [3.05, 3.63) is 48.1 Å². The van der Waals surface area contributed by atoms with E-state index >= 15 is 0 Å². The molecule has 4 N–H and O–H groups in total. The normalized spacial score (nSPS) is 24.6. The molecule has 9 nitrogen and oxygen atoms in total. The van der Waals surface area contributed by atoms with E-state index in [4.69, 9.17) is 20.2 Å². The van der Waals surface area contributed by atoms with Crippen molar-refractivity contribution in [3.8, 4) is 5.75 Å². The van der Waals surface area contributed by atoms with Crippen LogP contribution in [0.4, 0.5) is 11.8 Å². The van der Waals surface area contributed by atoms with Gasteiger partial charge < -0.3 is 30.4 Å². The van der Waals surface area contributed by atoms with Gasteiger partial charge in [0, 0.05) is 43.1 Å². The monoisotopic (exact) mass is 451 g/mol. The molecule has 3 heterocycles. The molecule has 3 aliphatic rings. The van der Waals surface area contributed by atoms with Crippen molar-refractivity contribution >= 4 is 11.8 Å². The third kappa shape index (κ3) is 4.00.